The molecule has 4 rings (SSSR count). The second kappa shape index (κ2) is 11.7. The lowest BCUT2D eigenvalue weighted by Gasteiger charge is -2.25. The molecule has 3 aromatic rings. The van der Waals surface area contributed by atoms with Crippen LogP contribution < -0.4 is 5.32 Å². The van der Waals surface area contributed by atoms with Crippen molar-refractivity contribution in [3.05, 3.63) is 58.0 Å². The van der Waals surface area contributed by atoms with Gasteiger partial charge in [0.2, 0.25) is 11.8 Å². The Bertz CT molecular complexity index is 1090. The first-order valence-electron chi connectivity index (χ1n) is 11.7. The van der Waals surface area contributed by atoms with Crippen molar-refractivity contribution in [2.75, 3.05) is 24.7 Å². The number of anilines is 1. The zero-order valence-electron chi connectivity index (χ0n) is 19.7. The largest absolute Gasteiger partial charge is 0.336 e. The van der Waals surface area contributed by atoms with Gasteiger partial charge in [0.1, 0.15) is 5.82 Å². The highest BCUT2D eigenvalue weighted by Crippen LogP contribution is 2.33. The molecular weight excluding hydrogens is 466 g/mol. The molecule has 180 valence electrons. The number of hydrogen-bond donors (Lipinski definition) is 1. The van der Waals surface area contributed by atoms with Crippen LogP contribution in [0.15, 0.2) is 46.9 Å². The summed E-state index contributed by atoms with van der Waals surface area (Å²) < 4.78 is 2.26. The molecule has 1 aliphatic rings. The Kier molecular flexibility index (Phi) is 8.39. The monoisotopic (exact) mass is 497 g/mol. The number of hydrogen-bond acceptors (Lipinski definition) is 6. The molecule has 1 N–H and O–H groups in total. The van der Waals surface area contributed by atoms with Gasteiger partial charge in [-0.1, -0.05) is 54.8 Å². The zero-order valence-corrected chi connectivity index (χ0v) is 21.3. The molecule has 1 fully saturated rings. The van der Waals surface area contributed by atoms with Crippen LogP contribution >= 0.6 is 23.1 Å². The van der Waals surface area contributed by atoms with Crippen LogP contribution in [0.5, 0.6) is 0 Å². The molecule has 1 aliphatic carbocycles. The van der Waals surface area contributed by atoms with Crippen molar-refractivity contribution in [1.29, 1.82) is 0 Å². The summed E-state index contributed by atoms with van der Waals surface area (Å²) in [6.07, 6.45) is 6.70. The van der Waals surface area contributed by atoms with E-state index in [0.717, 1.165) is 41.5 Å². The summed E-state index contributed by atoms with van der Waals surface area (Å²) in [5.74, 6) is 0.864. The number of benzene rings is 1. The van der Waals surface area contributed by atoms with Gasteiger partial charge in [0.15, 0.2) is 5.16 Å². The van der Waals surface area contributed by atoms with Gasteiger partial charge in [-0.2, -0.15) is 0 Å². The smallest absolute Gasteiger partial charge is 0.243 e. The van der Waals surface area contributed by atoms with Crippen molar-refractivity contribution in [2.24, 2.45) is 0 Å². The molecule has 9 heteroatoms. The van der Waals surface area contributed by atoms with Crippen LogP contribution in [0.3, 0.4) is 0 Å². The van der Waals surface area contributed by atoms with Crippen LogP contribution in [0, 0.1) is 6.92 Å². The Morgan fingerprint density at radius 2 is 1.91 bits per heavy atom. The highest BCUT2D eigenvalue weighted by molar-refractivity contribution is 7.99. The normalized spacial score (nSPS) is 14.2. The molecule has 1 saturated carbocycles. The lowest BCUT2D eigenvalue weighted by molar-refractivity contribution is -0.131. The number of aryl methyl sites for hydroxylation is 1. The van der Waals surface area contributed by atoms with E-state index < -0.39 is 0 Å². The van der Waals surface area contributed by atoms with Crippen molar-refractivity contribution in [2.45, 2.75) is 56.6 Å². The van der Waals surface area contributed by atoms with E-state index in [9.17, 15) is 9.59 Å². The highest BCUT2D eigenvalue weighted by atomic mass is 32.2. The summed E-state index contributed by atoms with van der Waals surface area (Å²) in [4.78, 5) is 27.9. The first-order valence-corrected chi connectivity index (χ1v) is 13.6. The molecule has 0 radical (unpaired) electrons. The van der Waals surface area contributed by atoms with Gasteiger partial charge in [-0.25, -0.2) is 0 Å². The van der Waals surface area contributed by atoms with Gasteiger partial charge in [-0.05, 0) is 43.3 Å². The number of aromatic nitrogens is 3. The predicted molar refractivity (Wildman–Crippen MR) is 137 cm³/mol. The predicted octanol–water partition coefficient (Wildman–Crippen LogP) is 4.93. The number of likely N-dealkylation sites (N-methyl/N-ethyl adjacent to an activating group) is 1. The minimum Gasteiger partial charge on any atom is -0.336 e. The van der Waals surface area contributed by atoms with Gasteiger partial charge in [-0.15, -0.1) is 21.5 Å². The van der Waals surface area contributed by atoms with E-state index in [1.54, 1.807) is 18.4 Å². The Morgan fingerprint density at radius 1 is 1.15 bits per heavy atom. The van der Waals surface area contributed by atoms with E-state index in [-0.39, 0.29) is 24.1 Å². The summed E-state index contributed by atoms with van der Waals surface area (Å²) in [6.45, 7) is 2.00. The topological polar surface area (TPSA) is 80.1 Å². The molecule has 7 nitrogen and oxygen atoms in total. The molecule has 0 aliphatic heterocycles. The maximum atomic E-state index is 12.8. The Balaban J connectivity index is 1.36. The Morgan fingerprint density at radius 3 is 2.62 bits per heavy atom. The number of nitrogens with one attached hydrogen (secondary N) is 1. The number of amides is 2. The second-order valence-corrected chi connectivity index (χ2v) is 10.7. The zero-order chi connectivity index (χ0) is 23.9. The molecule has 0 unspecified atom stereocenters. The molecule has 1 aromatic carbocycles. The fraction of sp³-hybridized carbons (Fsp3) is 0.440. The fourth-order valence-electron chi connectivity index (χ4n) is 4.18. The van der Waals surface area contributed by atoms with E-state index in [1.165, 1.54) is 40.8 Å². The van der Waals surface area contributed by atoms with Crippen molar-refractivity contribution in [3.63, 3.8) is 0 Å². The molecule has 0 spiro atoms. The van der Waals surface area contributed by atoms with E-state index in [1.807, 2.05) is 31.2 Å². The third-order valence-corrected chi connectivity index (χ3v) is 7.86. The number of thioether (sulfide) groups is 1. The number of carbonyl (C=O) groups excluding carboxylic acids is 2. The summed E-state index contributed by atoms with van der Waals surface area (Å²) in [5.41, 5.74) is 1.85. The van der Waals surface area contributed by atoms with Crippen LogP contribution in [-0.2, 0) is 16.0 Å². The van der Waals surface area contributed by atoms with Crippen molar-refractivity contribution in [3.8, 4) is 0 Å². The first kappa shape index (κ1) is 24.5. The summed E-state index contributed by atoms with van der Waals surface area (Å²) in [5, 5.41) is 14.7. The van der Waals surface area contributed by atoms with Crippen LogP contribution in [0.1, 0.15) is 54.4 Å². The maximum absolute atomic E-state index is 12.8. The van der Waals surface area contributed by atoms with E-state index in [4.69, 9.17) is 0 Å². The SMILES string of the molecule is Cc1ccc(NC(=O)CN(C)C(=O)CSc2nnc(Cc3cccs3)n2C2CCCCC2)cc1. The number of nitrogens with zero attached hydrogens (tertiary/aromatic N) is 4. The lowest BCUT2D eigenvalue weighted by atomic mass is 9.95. The van der Waals surface area contributed by atoms with E-state index in [2.05, 4.69) is 37.6 Å². The quantitative estimate of drug-likeness (QED) is 0.424. The van der Waals surface area contributed by atoms with Crippen molar-refractivity contribution < 1.29 is 9.59 Å². The molecule has 0 bridgehead atoms. The maximum Gasteiger partial charge on any atom is 0.243 e. The average molecular weight is 498 g/mol. The average Bonchev–Trinajstić information content (AvgIpc) is 3.49. The van der Waals surface area contributed by atoms with Crippen LogP contribution in [0.2, 0.25) is 0 Å². The summed E-state index contributed by atoms with van der Waals surface area (Å²) >= 11 is 3.14. The van der Waals surface area contributed by atoms with Gasteiger partial charge in [0.05, 0.1) is 12.3 Å². The molecule has 34 heavy (non-hydrogen) atoms. The molecule has 0 atom stereocenters. The fourth-order valence-corrected chi connectivity index (χ4v) is 5.85. The number of rotatable bonds is 9. The van der Waals surface area contributed by atoms with Crippen molar-refractivity contribution in [1.82, 2.24) is 19.7 Å². The third-order valence-electron chi connectivity index (χ3n) is 6.05. The minimum absolute atomic E-state index is 0.00616. The van der Waals surface area contributed by atoms with Crippen LogP contribution in [0.25, 0.3) is 0 Å². The van der Waals surface area contributed by atoms with Crippen LogP contribution in [-0.4, -0.2) is 50.8 Å². The molecule has 0 saturated heterocycles. The minimum atomic E-state index is -0.215. The van der Waals surface area contributed by atoms with E-state index in [0.29, 0.717) is 6.04 Å². The highest BCUT2D eigenvalue weighted by Gasteiger charge is 2.24. The molecule has 2 amide bonds. The van der Waals surface area contributed by atoms with E-state index >= 15 is 0 Å². The standard InChI is InChI=1S/C25H31N5O2S2/c1-18-10-12-19(13-11-18)26-23(31)16-29(2)24(32)17-34-25-28-27-22(15-21-9-6-14-33-21)30(25)20-7-4-3-5-8-20/h6,9-14,20H,3-5,7-8,15-17H2,1-2H3,(H,26,31). The first-order chi connectivity index (χ1) is 16.5. The van der Waals surface area contributed by atoms with Gasteiger partial charge < -0.3 is 14.8 Å². The third kappa shape index (κ3) is 6.48. The van der Waals surface area contributed by atoms with Gasteiger partial charge in [0.25, 0.3) is 0 Å². The van der Waals surface area contributed by atoms with Crippen molar-refractivity contribution >= 4 is 40.6 Å². The Hall–Kier alpha value is -2.65. The van der Waals surface area contributed by atoms with Crippen LogP contribution in [0.4, 0.5) is 5.69 Å². The Labute approximate surface area is 209 Å². The summed E-state index contributed by atoms with van der Waals surface area (Å²) in [6, 6.07) is 12.2. The van der Waals surface area contributed by atoms with Gasteiger partial charge >= 0.3 is 0 Å². The number of thiophene rings is 1. The number of carbonyl (C=O) groups is 2. The summed E-state index contributed by atoms with van der Waals surface area (Å²) in [7, 11) is 1.66. The van der Waals surface area contributed by atoms with Gasteiger partial charge in [-0.3, -0.25) is 9.59 Å². The van der Waals surface area contributed by atoms with Gasteiger partial charge in [0, 0.05) is 30.1 Å². The lowest BCUT2D eigenvalue weighted by Crippen LogP contribution is -2.36. The molecular formula is C25H31N5O2S2. The molecule has 2 heterocycles. The molecule has 2 aromatic heterocycles. The second-order valence-electron chi connectivity index (χ2n) is 8.77.